The van der Waals surface area contributed by atoms with E-state index in [4.69, 9.17) is 22.9 Å². The summed E-state index contributed by atoms with van der Waals surface area (Å²) >= 11 is 5.22. The SMILES string of the molecule is CC1CCCC1CNc1nc2c(cc1C(N)=S)CCCC2. The van der Waals surface area contributed by atoms with E-state index < -0.39 is 0 Å². The van der Waals surface area contributed by atoms with E-state index in [2.05, 4.69) is 18.3 Å². The number of aromatic nitrogens is 1. The molecule has 3 nitrogen and oxygen atoms in total. The van der Waals surface area contributed by atoms with Gasteiger partial charge in [-0.3, -0.25) is 0 Å². The van der Waals surface area contributed by atoms with Crippen molar-refractivity contribution in [3.8, 4) is 0 Å². The molecule has 114 valence electrons. The second-order valence-electron chi connectivity index (χ2n) is 6.61. The third-order valence-electron chi connectivity index (χ3n) is 5.14. The van der Waals surface area contributed by atoms with Crippen molar-refractivity contribution in [1.82, 2.24) is 4.98 Å². The zero-order valence-corrected chi connectivity index (χ0v) is 13.6. The molecule has 2 aliphatic carbocycles. The molecular formula is C17H25N3S. The molecule has 0 bridgehead atoms. The van der Waals surface area contributed by atoms with Crippen LogP contribution in [0.15, 0.2) is 6.07 Å². The highest BCUT2D eigenvalue weighted by Crippen LogP contribution is 2.32. The molecule has 2 atom stereocenters. The third-order valence-corrected chi connectivity index (χ3v) is 5.36. The van der Waals surface area contributed by atoms with Crippen molar-refractivity contribution < 1.29 is 0 Å². The molecule has 1 aromatic rings. The monoisotopic (exact) mass is 303 g/mol. The molecule has 0 radical (unpaired) electrons. The lowest BCUT2D eigenvalue weighted by Gasteiger charge is -2.21. The number of thiocarbonyl (C=S) groups is 1. The van der Waals surface area contributed by atoms with Crippen molar-refractivity contribution in [2.45, 2.75) is 51.9 Å². The fourth-order valence-electron chi connectivity index (χ4n) is 3.71. The zero-order valence-electron chi connectivity index (χ0n) is 12.8. The summed E-state index contributed by atoms with van der Waals surface area (Å²) in [6.45, 7) is 3.34. The first-order chi connectivity index (χ1) is 10.1. The number of hydrogen-bond acceptors (Lipinski definition) is 3. The fraction of sp³-hybridized carbons (Fsp3) is 0.647. The van der Waals surface area contributed by atoms with Gasteiger partial charge in [0.2, 0.25) is 0 Å². The predicted molar refractivity (Wildman–Crippen MR) is 91.8 cm³/mol. The van der Waals surface area contributed by atoms with Crippen molar-refractivity contribution in [3.63, 3.8) is 0 Å². The summed E-state index contributed by atoms with van der Waals surface area (Å²) in [5, 5.41) is 3.54. The maximum absolute atomic E-state index is 5.91. The molecular weight excluding hydrogens is 278 g/mol. The summed E-state index contributed by atoms with van der Waals surface area (Å²) in [7, 11) is 0. The van der Waals surface area contributed by atoms with Gasteiger partial charge in [-0.25, -0.2) is 4.98 Å². The Balaban J connectivity index is 1.80. The van der Waals surface area contributed by atoms with Crippen molar-refractivity contribution in [1.29, 1.82) is 0 Å². The molecule has 0 amide bonds. The number of rotatable bonds is 4. The fourth-order valence-corrected chi connectivity index (χ4v) is 3.87. The normalized spacial score (nSPS) is 24.6. The smallest absolute Gasteiger partial charge is 0.136 e. The summed E-state index contributed by atoms with van der Waals surface area (Å²) < 4.78 is 0. The van der Waals surface area contributed by atoms with Gasteiger partial charge in [-0.05, 0) is 55.6 Å². The first-order valence-corrected chi connectivity index (χ1v) is 8.62. The van der Waals surface area contributed by atoms with E-state index >= 15 is 0 Å². The Bertz CT molecular complexity index is 541. The van der Waals surface area contributed by atoms with E-state index in [0.717, 1.165) is 42.6 Å². The first kappa shape index (κ1) is 14.8. The third kappa shape index (κ3) is 3.20. The van der Waals surface area contributed by atoms with Gasteiger partial charge in [0.05, 0.1) is 5.56 Å². The molecule has 1 fully saturated rings. The zero-order chi connectivity index (χ0) is 14.8. The maximum Gasteiger partial charge on any atom is 0.136 e. The Labute approximate surface area is 132 Å². The number of fused-ring (bicyclic) bond motifs is 1. The van der Waals surface area contributed by atoms with Gasteiger partial charge in [-0.1, -0.05) is 32.0 Å². The number of nitrogens with one attached hydrogen (secondary N) is 1. The topological polar surface area (TPSA) is 50.9 Å². The minimum atomic E-state index is 0.456. The second kappa shape index (κ2) is 6.30. The molecule has 21 heavy (non-hydrogen) atoms. The lowest BCUT2D eigenvalue weighted by atomic mass is 9.94. The summed E-state index contributed by atoms with van der Waals surface area (Å²) in [5.74, 6) is 2.47. The molecule has 0 aliphatic heterocycles. The summed E-state index contributed by atoms with van der Waals surface area (Å²) in [5.41, 5.74) is 9.41. The van der Waals surface area contributed by atoms with Crippen LogP contribution in [0.2, 0.25) is 0 Å². The van der Waals surface area contributed by atoms with Crippen molar-refractivity contribution in [2.75, 3.05) is 11.9 Å². The van der Waals surface area contributed by atoms with Crippen LogP contribution in [-0.4, -0.2) is 16.5 Å². The summed E-state index contributed by atoms with van der Waals surface area (Å²) in [6.07, 6.45) is 8.71. The minimum Gasteiger partial charge on any atom is -0.389 e. The lowest BCUT2D eigenvalue weighted by Crippen LogP contribution is -2.22. The number of nitrogens with two attached hydrogens (primary N) is 1. The first-order valence-electron chi connectivity index (χ1n) is 8.21. The molecule has 3 N–H and O–H groups in total. The van der Waals surface area contributed by atoms with E-state index in [-0.39, 0.29) is 0 Å². The van der Waals surface area contributed by atoms with Crippen LogP contribution in [0.3, 0.4) is 0 Å². The van der Waals surface area contributed by atoms with E-state index in [1.807, 2.05) is 0 Å². The van der Waals surface area contributed by atoms with Gasteiger partial charge in [0.25, 0.3) is 0 Å². The van der Waals surface area contributed by atoms with Crippen LogP contribution in [0.4, 0.5) is 5.82 Å². The van der Waals surface area contributed by atoms with Crippen molar-refractivity contribution >= 4 is 23.0 Å². The Kier molecular flexibility index (Phi) is 4.43. The lowest BCUT2D eigenvalue weighted by molar-refractivity contribution is 0.439. The van der Waals surface area contributed by atoms with Crippen LogP contribution in [0, 0.1) is 11.8 Å². The van der Waals surface area contributed by atoms with Gasteiger partial charge in [0.15, 0.2) is 0 Å². The van der Waals surface area contributed by atoms with E-state index in [1.54, 1.807) is 0 Å². The standard InChI is InChI=1S/C17H25N3S/c1-11-5-4-7-13(11)10-19-17-14(16(18)21)9-12-6-2-3-8-15(12)20-17/h9,11,13H,2-8,10H2,1H3,(H2,18,21)(H,19,20). The maximum atomic E-state index is 5.91. The highest BCUT2D eigenvalue weighted by atomic mass is 32.1. The highest BCUT2D eigenvalue weighted by molar-refractivity contribution is 7.80. The molecule has 0 spiro atoms. The highest BCUT2D eigenvalue weighted by Gasteiger charge is 2.24. The van der Waals surface area contributed by atoms with E-state index in [0.29, 0.717) is 4.99 Å². The van der Waals surface area contributed by atoms with Crippen LogP contribution in [0.1, 0.15) is 55.8 Å². The molecule has 4 heteroatoms. The van der Waals surface area contributed by atoms with Gasteiger partial charge >= 0.3 is 0 Å². The largest absolute Gasteiger partial charge is 0.389 e. The van der Waals surface area contributed by atoms with Crippen molar-refractivity contribution in [2.24, 2.45) is 17.6 Å². The quantitative estimate of drug-likeness (QED) is 0.837. The predicted octanol–water partition coefficient (Wildman–Crippen LogP) is 3.44. The molecule has 0 aromatic carbocycles. The van der Waals surface area contributed by atoms with Crippen molar-refractivity contribution in [3.05, 3.63) is 22.9 Å². The van der Waals surface area contributed by atoms with Gasteiger partial charge in [-0.15, -0.1) is 0 Å². The Morgan fingerprint density at radius 1 is 1.33 bits per heavy atom. The molecule has 2 aliphatic rings. The van der Waals surface area contributed by atoms with Crippen LogP contribution in [0.5, 0.6) is 0 Å². The molecule has 1 aromatic heterocycles. The molecule has 3 rings (SSSR count). The number of nitrogens with zero attached hydrogens (tertiary/aromatic N) is 1. The van der Waals surface area contributed by atoms with Crippen LogP contribution < -0.4 is 11.1 Å². The molecule has 0 saturated heterocycles. The molecule has 1 saturated carbocycles. The number of aryl methyl sites for hydroxylation is 2. The van der Waals surface area contributed by atoms with E-state index in [9.17, 15) is 0 Å². The van der Waals surface area contributed by atoms with Gasteiger partial charge in [0.1, 0.15) is 10.8 Å². The second-order valence-corrected chi connectivity index (χ2v) is 7.05. The van der Waals surface area contributed by atoms with Crippen LogP contribution >= 0.6 is 12.2 Å². The molecule has 2 unspecified atom stereocenters. The number of pyridine rings is 1. The van der Waals surface area contributed by atoms with Gasteiger partial charge < -0.3 is 11.1 Å². The Morgan fingerprint density at radius 3 is 2.86 bits per heavy atom. The summed E-state index contributed by atoms with van der Waals surface area (Å²) in [6, 6.07) is 2.17. The average Bonchev–Trinajstić information content (AvgIpc) is 2.89. The average molecular weight is 303 g/mol. The minimum absolute atomic E-state index is 0.456. The Morgan fingerprint density at radius 2 is 2.14 bits per heavy atom. The number of hydrogen-bond donors (Lipinski definition) is 2. The van der Waals surface area contributed by atoms with Gasteiger partial charge in [-0.2, -0.15) is 0 Å². The summed E-state index contributed by atoms with van der Waals surface area (Å²) in [4.78, 5) is 5.30. The van der Waals surface area contributed by atoms with Crippen LogP contribution in [0.25, 0.3) is 0 Å². The number of anilines is 1. The van der Waals surface area contributed by atoms with Gasteiger partial charge in [0, 0.05) is 12.2 Å². The Hall–Kier alpha value is -1.16. The van der Waals surface area contributed by atoms with E-state index in [1.165, 1.54) is 43.4 Å². The molecule has 1 heterocycles. The van der Waals surface area contributed by atoms with Crippen LogP contribution in [-0.2, 0) is 12.8 Å².